The maximum Gasteiger partial charge on any atom is 0.179 e. The van der Waals surface area contributed by atoms with Crippen molar-refractivity contribution in [2.24, 2.45) is 0 Å². The van der Waals surface area contributed by atoms with E-state index >= 15 is 0 Å². The Morgan fingerprint density at radius 2 is 2.18 bits per heavy atom. The Kier molecular flexibility index (Phi) is 4.13. The molecule has 0 amide bonds. The van der Waals surface area contributed by atoms with Crippen LogP contribution in [0.1, 0.15) is 12.0 Å². The number of halogens is 1. The zero-order valence-electron chi connectivity index (χ0n) is 9.46. The molecular formula is C13H14ClNO2. The molecule has 17 heavy (non-hydrogen) atoms. The van der Waals surface area contributed by atoms with Crippen LogP contribution >= 0.6 is 11.6 Å². The lowest BCUT2D eigenvalue weighted by atomic mass is 10.2. The highest BCUT2D eigenvalue weighted by atomic mass is 35.5. The van der Waals surface area contributed by atoms with Gasteiger partial charge in [0.25, 0.3) is 0 Å². The predicted molar refractivity (Wildman–Crippen MR) is 67.6 cm³/mol. The Morgan fingerprint density at radius 1 is 1.35 bits per heavy atom. The zero-order chi connectivity index (χ0) is 12.1. The summed E-state index contributed by atoms with van der Waals surface area (Å²) in [5.74, 6) is 3.95. The molecule has 0 spiro atoms. The van der Waals surface area contributed by atoms with Gasteiger partial charge in [0.1, 0.15) is 13.2 Å². The molecule has 0 aliphatic carbocycles. The quantitative estimate of drug-likeness (QED) is 0.658. The fourth-order valence-electron chi connectivity index (χ4n) is 1.66. The van der Waals surface area contributed by atoms with E-state index in [9.17, 15) is 0 Å². The summed E-state index contributed by atoms with van der Waals surface area (Å²) in [7, 11) is 0. The molecule has 90 valence electrons. The first-order valence-electron chi connectivity index (χ1n) is 5.53. The van der Waals surface area contributed by atoms with Gasteiger partial charge in [-0.2, -0.15) is 0 Å². The smallest absolute Gasteiger partial charge is 0.179 e. The van der Waals surface area contributed by atoms with E-state index in [2.05, 4.69) is 11.2 Å². The second-order valence-electron chi connectivity index (χ2n) is 3.73. The second-order valence-corrected chi connectivity index (χ2v) is 4.14. The highest BCUT2D eigenvalue weighted by Crippen LogP contribution is 2.38. The van der Waals surface area contributed by atoms with Crippen LogP contribution in [-0.4, -0.2) is 19.8 Å². The van der Waals surface area contributed by atoms with Gasteiger partial charge >= 0.3 is 0 Å². The van der Waals surface area contributed by atoms with Gasteiger partial charge in [-0.05, 0) is 17.7 Å². The van der Waals surface area contributed by atoms with Crippen LogP contribution in [-0.2, 0) is 6.54 Å². The van der Waals surface area contributed by atoms with Gasteiger partial charge in [-0.25, -0.2) is 0 Å². The number of ether oxygens (including phenoxy) is 2. The summed E-state index contributed by atoms with van der Waals surface area (Å²) in [5.41, 5.74) is 1.07. The average molecular weight is 252 g/mol. The molecule has 0 bridgehead atoms. The first-order chi connectivity index (χ1) is 8.31. The number of fused-ring (bicyclic) bond motifs is 1. The van der Waals surface area contributed by atoms with Gasteiger partial charge in [-0.3, -0.25) is 0 Å². The monoisotopic (exact) mass is 251 g/mol. The van der Waals surface area contributed by atoms with E-state index in [0.717, 1.165) is 30.8 Å². The highest BCUT2D eigenvalue weighted by molar-refractivity contribution is 6.32. The lowest BCUT2D eigenvalue weighted by molar-refractivity contribution is 0.171. The number of rotatable bonds is 4. The van der Waals surface area contributed by atoms with E-state index in [1.807, 2.05) is 12.1 Å². The van der Waals surface area contributed by atoms with Gasteiger partial charge < -0.3 is 14.8 Å². The Hall–Kier alpha value is -1.37. The molecule has 1 aromatic rings. The van der Waals surface area contributed by atoms with Crippen LogP contribution in [0, 0.1) is 12.3 Å². The van der Waals surface area contributed by atoms with Crippen LogP contribution in [0.25, 0.3) is 0 Å². The van der Waals surface area contributed by atoms with Gasteiger partial charge in [0, 0.05) is 19.5 Å². The largest absolute Gasteiger partial charge is 0.486 e. The summed E-state index contributed by atoms with van der Waals surface area (Å²) in [6, 6.07) is 3.83. The van der Waals surface area contributed by atoms with Crippen molar-refractivity contribution in [1.29, 1.82) is 0 Å². The molecule has 1 N–H and O–H groups in total. The molecule has 1 aliphatic rings. The molecule has 1 heterocycles. The maximum atomic E-state index is 6.12. The van der Waals surface area contributed by atoms with Crippen molar-refractivity contribution < 1.29 is 9.47 Å². The van der Waals surface area contributed by atoms with Gasteiger partial charge in [0.2, 0.25) is 0 Å². The average Bonchev–Trinajstić information content (AvgIpc) is 2.35. The minimum atomic E-state index is 0.548. The zero-order valence-corrected chi connectivity index (χ0v) is 10.2. The SMILES string of the molecule is C#CCCNCc1cc(Cl)c2c(c1)OCCO2. The van der Waals surface area contributed by atoms with Crippen molar-refractivity contribution in [2.75, 3.05) is 19.8 Å². The third-order valence-corrected chi connectivity index (χ3v) is 2.71. The second kappa shape index (κ2) is 5.81. The summed E-state index contributed by atoms with van der Waals surface area (Å²) in [6.07, 6.45) is 5.90. The van der Waals surface area contributed by atoms with Gasteiger partial charge in [-0.1, -0.05) is 11.6 Å². The van der Waals surface area contributed by atoms with Crippen LogP contribution in [0.3, 0.4) is 0 Å². The van der Waals surface area contributed by atoms with E-state index in [-0.39, 0.29) is 0 Å². The Labute approximate surface area is 106 Å². The molecule has 0 saturated heterocycles. The van der Waals surface area contributed by atoms with Crippen LogP contribution in [0.5, 0.6) is 11.5 Å². The summed E-state index contributed by atoms with van der Waals surface area (Å²) in [4.78, 5) is 0. The molecule has 1 aliphatic heterocycles. The molecule has 0 saturated carbocycles. The first-order valence-corrected chi connectivity index (χ1v) is 5.91. The van der Waals surface area contributed by atoms with Crippen molar-refractivity contribution in [2.45, 2.75) is 13.0 Å². The van der Waals surface area contributed by atoms with Crippen molar-refractivity contribution >= 4 is 11.6 Å². The lowest BCUT2D eigenvalue weighted by Crippen LogP contribution is -2.17. The van der Waals surface area contributed by atoms with Crippen LogP contribution < -0.4 is 14.8 Å². The fraction of sp³-hybridized carbons (Fsp3) is 0.385. The van der Waals surface area contributed by atoms with E-state index in [4.69, 9.17) is 27.5 Å². The summed E-state index contributed by atoms with van der Waals surface area (Å²) >= 11 is 6.12. The Morgan fingerprint density at radius 3 is 3.00 bits per heavy atom. The van der Waals surface area contributed by atoms with Crippen molar-refractivity contribution in [3.8, 4) is 23.8 Å². The molecule has 0 fully saturated rings. The van der Waals surface area contributed by atoms with Crippen LogP contribution in [0.4, 0.5) is 0 Å². The van der Waals surface area contributed by atoms with E-state index in [1.165, 1.54) is 0 Å². The van der Waals surface area contributed by atoms with Gasteiger partial charge in [-0.15, -0.1) is 12.3 Å². The predicted octanol–water partition coefficient (Wildman–Crippen LogP) is 2.22. The molecule has 2 rings (SSSR count). The molecular weight excluding hydrogens is 238 g/mol. The molecule has 0 radical (unpaired) electrons. The van der Waals surface area contributed by atoms with E-state index < -0.39 is 0 Å². The van der Waals surface area contributed by atoms with Gasteiger partial charge in [0.05, 0.1) is 5.02 Å². The Balaban J connectivity index is 2.04. The minimum absolute atomic E-state index is 0.548. The summed E-state index contributed by atoms with van der Waals surface area (Å²) in [5, 5.41) is 3.83. The van der Waals surface area contributed by atoms with Crippen molar-refractivity contribution in [3.05, 3.63) is 22.7 Å². The van der Waals surface area contributed by atoms with E-state index in [0.29, 0.717) is 24.0 Å². The highest BCUT2D eigenvalue weighted by Gasteiger charge is 2.16. The third-order valence-electron chi connectivity index (χ3n) is 2.43. The number of benzene rings is 1. The van der Waals surface area contributed by atoms with Crippen molar-refractivity contribution in [1.82, 2.24) is 5.32 Å². The molecule has 3 nitrogen and oxygen atoms in total. The first kappa shape index (κ1) is 12.1. The fourth-order valence-corrected chi connectivity index (χ4v) is 1.95. The minimum Gasteiger partial charge on any atom is -0.486 e. The topological polar surface area (TPSA) is 30.5 Å². The van der Waals surface area contributed by atoms with E-state index in [1.54, 1.807) is 0 Å². The maximum absolute atomic E-state index is 6.12. The molecule has 1 aromatic carbocycles. The third kappa shape index (κ3) is 3.06. The number of hydrogen-bond acceptors (Lipinski definition) is 3. The number of nitrogens with one attached hydrogen (secondary N) is 1. The summed E-state index contributed by atoms with van der Waals surface area (Å²) < 4.78 is 11.0. The Bertz CT molecular complexity index is 440. The number of terminal acetylenes is 1. The number of hydrogen-bond donors (Lipinski definition) is 1. The normalized spacial score (nSPS) is 13.2. The molecule has 4 heteroatoms. The van der Waals surface area contributed by atoms with Crippen molar-refractivity contribution in [3.63, 3.8) is 0 Å². The molecule has 0 aromatic heterocycles. The standard InChI is InChI=1S/C13H14ClNO2/c1-2-3-4-15-9-10-7-11(14)13-12(8-10)16-5-6-17-13/h1,7-8,15H,3-6,9H2. The van der Waals surface area contributed by atoms with Gasteiger partial charge in [0.15, 0.2) is 11.5 Å². The van der Waals surface area contributed by atoms with Crippen LogP contribution in [0.15, 0.2) is 12.1 Å². The molecule has 0 atom stereocenters. The molecule has 0 unspecified atom stereocenters. The lowest BCUT2D eigenvalue weighted by Gasteiger charge is -2.20. The van der Waals surface area contributed by atoms with Crippen LogP contribution in [0.2, 0.25) is 5.02 Å². The summed E-state index contributed by atoms with van der Waals surface area (Å²) in [6.45, 7) is 2.63.